The van der Waals surface area contributed by atoms with Crippen molar-refractivity contribution in [3.63, 3.8) is 0 Å². The van der Waals surface area contributed by atoms with Gasteiger partial charge < -0.3 is 15.7 Å². The molecule has 0 heterocycles. The molecule has 1 aromatic rings. The van der Waals surface area contributed by atoms with Crippen molar-refractivity contribution < 1.29 is 9.50 Å². The van der Waals surface area contributed by atoms with Gasteiger partial charge in [-0.1, -0.05) is 35.8 Å². The summed E-state index contributed by atoms with van der Waals surface area (Å²) in [5, 5.41) is 15.7. The maximum absolute atomic E-state index is 13.9. The minimum atomic E-state index is -0.262. The van der Waals surface area contributed by atoms with E-state index in [2.05, 4.69) is 45.4 Å². The van der Waals surface area contributed by atoms with E-state index in [9.17, 15) is 9.50 Å². The fourth-order valence-electron chi connectivity index (χ4n) is 2.55. The lowest BCUT2D eigenvalue weighted by Crippen LogP contribution is -2.40. The summed E-state index contributed by atoms with van der Waals surface area (Å²) in [6.45, 7) is 8.31. The number of aliphatic hydroxyl groups excluding tert-OH is 1. The third-order valence-electron chi connectivity index (χ3n) is 3.67. The van der Waals surface area contributed by atoms with Crippen molar-refractivity contribution in [2.24, 2.45) is 16.8 Å². The first-order chi connectivity index (χ1) is 11.5. The van der Waals surface area contributed by atoms with Crippen LogP contribution in [-0.4, -0.2) is 30.8 Å². The molecule has 24 heavy (non-hydrogen) atoms. The lowest BCUT2D eigenvalue weighted by Gasteiger charge is -2.20. The zero-order valence-electron chi connectivity index (χ0n) is 14.8. The number of rotatable bonds is 9. The Kier molecular flexibility index (Phi) is 9.95. The first kappa shape index (κ1) is 20.9. The molecule has 0 saturated carbocycles. The van der Waals surface area contributed by atoms with Gasteiger partial charge in [-0.25, -0.2) is 9.38 Å². The highest BCUT2D eigenvalue weighted by atomic mass is 79.9. The predicted molar refractivity (Wildman–Crippen MR) is 102 cm³/mol. The van der Waals surface area contributed by atoms with E-state index in [4.69, 9.17) is 0 Å². The molecule has 0 aromatic heterocycles. The standard InChI is InChI=1S/C18H29BrFN3O/c1-4-21-18(22-11-14(7-8-24)9-13(2)3)23-12-15-5-6-16(19)10-17(15)20/h5-6,10,13-14,24H,4,7-9,11-12H2,1-3H3,(H2,21,22,23). The Labute approximate surface area is 153 Å². The third kappa shape index (κ3) is 8.11. The Morgan fingerprint density at radius 2 is 2.08 bits per heavy atom. The molecule has 4 nitrogen and oxygen atoms in total. The van der Waals surface area contributed by atoms with Crippen molar-refractivity contribution >= 4 is 21.9 Å². The van der Waals surface area contributed by atoms with E-state index in [1.165, 1.54) is 6.07 Å². The number of halogens is 2. The summed E-state index contributed by atoms with van der Waals surface area (Å²) in [5.74, 6) is 1.39. The van der Waals surface area contributed by atoms with Crippen LogP contribution in [-0.2, 0) is 6.54 Å². The molecule has 0 spiro atoms. The highest BCUT2D eigenvalue weighted by molar-refractivity contribution is 9.10. The Hall–Kier alpha value is -1.14. The van der Waals surface area contributed by atoms with Gasteiger partial charge in [0.1, 0.15) is 5.82 Å². The van der Waals surface area contributed by atoms with Crippen LogP contribution in [0.5, 0.6) is 0 Å². The third-order valence-corrected chi connectivity index (χ3v) is 4.16. The van der Waals surface area contributed by atoms with E-state index in [1.54, 1.807) is 6.07 Å². The van der Waals surface area contributed by atoms with Gasteiger partial charge in [-0.3, -0.25) is 0 Å². The molecule has 1 aromatic carbocycles. The summed E-state index contributed by atoms with van der Waals surface area (Å²) < 4.78 is 14.6. The molecule has 0 amide bonds. The second-order valence-corrected chi connectivity index (χ2v) is 7.24. The van der Waals surface area contributed by atoms with Crippen LogP contribution in [0.15, 0.2) is 27.7 Å². The maximum atomic E-state index is 13.9. The van der Waals surface area contributed by atoms with Gasteiger partial charge in [-0.15, -0.1) is 0 Å². The number of hydrogen-bond acceptors (Lipinski definition) is 2. The fraction of sp³-hybridized carbons (Fsp3) is 0.611. The Morgan fingerprint density at radius 1 is 1.33 bits per heavy atom. The number of benzene rings is 1. The number of guanidine groups is 1. The van der Waals surface area contributed by atoms with Gasteiger partial charge in [0.05, 0.1) is 6.54 Å². The summed E-state index contributed by atoms with van der Waals surface area (Å²) in [4.78, 5) is 4.46. The van der Waals surface area contributed by atoms with Crippen LogP contribution in [0, 0.1) is 17.7 Å². The molecule has 0 fully saturated rings. The molecule has 1 unspecified atom stereocenters. The zero-order chi connectivity index (χ0) is 17.9. The predicted octanol–water partition coefficient (Wildman–Crippen LogP) is 3.69. The normalized spacial score (nSPS) is 13.2. The van der Waals surface area contributed by atoms with Crippen LogP contribution in [0.3, 0.4) is 0 Å². The molecule has 0 aliphatic rings. The summed E-state index contributed by atoms with van der Waals surface area (Å²) in [6.07, 6.45) is 1.82. The molecule has 1 atom stereocenters. The molecule has 0 bridgehead atoms. The van der Waals surface area contributed by atoms with Crippen LogP contribution < -0.4 is 10.6 Å². The van der Waals surface area contributed by atoms with Crippen molar-refractivity contribution in [3.8, 4) is 0 Å². The SMILES string of the molecule is CCNC(=NCc1ccc(Br)cc1F)NCC(CCO)CC(C)C. The second-order valence-electron chi connectivity index (χ2n) is 6.32. The van der Waals surface area contributed by atoms with Gasteiger partial charge >= 0.3 is 0 Å². The molecule has 0 aliphatic carbocycles. The molecular formula is C18H29BrFN3O. The van der Waals surface area contributed by atoms with Crippen LogP contribution in [0.1, 0.15) is 39.2 Å². The van der Waals surface area contributed by atoms with Crippen LogP contribution in [0.2, 0.25) is 0 Å². The number of aliphatic hydroxyl groups is 1. The summed E-state index contributed by atoms with van der Waals surface area (Å²) in [5.41, 5.74) is 0.560. The van der Waals surface area contributed by atoms with E-state index in [0.717, 1.165) is 30.4 Å². The Morgan fingerprint density at radius 3 is 2.67 bits per heavy atom. The minimum absolute atomic E-state index is 0.191. The summed E-state index contributed by atoms with van der Waals surface area (Å²) in [6, 6.07) is 5.00. The van der Waals surface area contributed by atoms with Crippen LogP contribution in [0.25, 0.3) is 0 Å². The largest absolute Gasteiger partial charge is 0.396 e. The average Bonchev–Trinajstić information content (AvgIpc) is 2.51. The van der Waals surface area contributed by atoms with E-state index in [-0.39, 0.29) is 19.0 Å². The zero-order valence-corrected chi connectivity index (χ0v) is 16.4. The van der Waals surface area contributed by atoms with Gasteiger partial charge in [0, 0.05) is 29.7 Å². The van der Waals surface area contributed by atoms with Crippen molar-refractivity contribution in [1.82, 2.24) is 10.6 Å². The van der Waals surface area contributed by atoms with Gasteiger partial charge in [0.2, 0.25) is 0 Å². The summed E-state index contributed by atoms with van der Waals surface area (Å²) >= 11 is 3.26. The first-order valence-electron chi connectivity index (χ1n) is 8.53. The Balaban J connectivity index is 2.67. The second kappa shape index (κ2) is 11.4. The molecule has 0 saturated heterocycles. The first-order valence-corrected chi connectivity index (χ1v) is 9.32. The smallest absolute Gasteiger partial charge is 0.191 e. The van der Waals surface area contributed by atoms with Crippen LogP contribution >= 0.6 is 15.9 Å². The molecule has 136 valence electrons. The fourth-order valence-corrected chi connectivity index (χ4v) is 2.88. The van der Waals surface area contributed by atoms with Crippen molar-refractivity contribution in [2.75, 3.05) is 19.7 Å². The van der Waals surface area contributed by atoms with Crippen molar-refractivity contribution in [3.05, 3.63) is 34.1 Å². The lowest BCUT2D eigenvalue weighted by molar-refractivity contribution is 0.243. The molecule has 1 rings (SSSR count). The average molecular weight is 402 g/mol. The van der Waals surface area contributed by atoms with Crippen molar-refractivity contribution in [1.29, 1.82) is 0 Å². The van der Waals surface area contributed by atoms with Gasteiger partial charge in [-0.05, 0) is 43.7 Å². The topological polar surface area (TPSA) is 56.7 Å². The van der Waals surface area contributed by atoms with E-state index < -0.39 is 0 Å². The number of hydrogen-bond donors (Lipinski definition) is 3. The molecule has 0 radical (unpaired) electrons. The lowest BCUT2D eigenvalue weighted by atomic mass is 9.94. The monoisotopic (exact) mass is 401 g/mol. The highest BCUT2D eigenvalue weighted by Gasteiger charge is 2.11. The maximum Gasteiger partial charge on any atom is 0.191 e. The van der Waals surface area contributed by atoms with Crippen molar-refractivity contribution in [2.45, 2.75) is 40.2 Å². The minimum Gasteiger partial charge on any atom is -0.396 e. The molecule has 3 N–H and O–H groups in total. The molecule has 6 heteroatoms. The van der Waals surface area contributed by atoms with E-state index >= 15 is 0 Å². The van der Waals surface area contributed by atoms with Gasteiger partial charge in [-0.2, -0.15) is 0 Å². The number of nitrogens with zero attached hydrogens (tertiary/aromatic N) is 1. The molecule has 0 aliphatic heterocycles. The quantitative estimate of drug-likeness (QED) is 0.436. The molecular weight excluding hydrogens is 373 g/mol. The van der Waals surface area contributed by atoms with Crippen LogP contribution in [0.4, 0.5) is 4.39 Å². The number of aliphatic imine (C=N–C) groups is 1. The summed E-state index contributed by atoms with van der Waals surface area (Å²) in [7, 11) is 0. The Bertz CT molecular complexity index is 523. The van der Waals surface area contributed by atoms with Gasteiger partial charge in [0.15, 0.2) is 5.96 Å². The van der Waals surface area contributed by atoms with E-state index in [0.29, 0.717) is 23.4 Å². The van der Waals surface area contributed by atoms with Gasteiger partial charge in [0.25, 0.3) is 0 Å². The number of nitrogens with one attached hydrogen (secondary N) is 2. The highest BCUT2D eigenvalue weighted by Crippen LogP contribution is 2.16. The van der Waals surface area contributed by atoms with E-state index in [1.807, 2.05) is 13.0 Å².